The lowest BCUT2D eigenvalue weighted by molar-refractivity contribution is 0.271. The van der Waals surface area contributed by atoms with E-state index in [0.29, 0.717) is 6.04 Å². The second-order valence-electron chi connectivity index (χ2n) is 4.22. The van der Waals surface area contributed by atoms with Crippen LogP contribution in [0.1, 0.15) is 12.8 Å². The van der Waals surface area contributed by atoms with E-state index < -0.39 is 8.32 Å². The molecule has 0 aliphatic carbocycles. The molecule has 1 fully saturated rings. The van der Waals surface area contributed by atoms with Gasteiger partial charge in [0.05, 0.1) is 0 Å². The Morgan fingerprint density at radius 1 is 1.45 bits per heavy atom. The van der Waals surface area contributed by atoms with Crippen LogP contribution in [-0.4, -0.2) is 27.5 Å². The molecule has 0 radical (unpaired) electrons. The van der Waals surface area contributed by atoms with Crippen LogP contribution in [0, 0.1) is 0 Å². The molecule has 0 aromatic rings. The molecule has 1 N–H and O–H groups in total. The summed E-state index contributed by atoms with van der Waals surface area (Å²) in [5.41, 5.74) is 0. The largest absolute Gasteiger partial charge is 0.416 e. The van der Waals surface area contributed by atoms with Crippen molar-refractivity contribution in [1.82, 2.24) is 5.32 Å². The SMILES string of the molecule is C[Si](C)(C)OC[C@@H]1CCCN1. The quantitative estimate of drug-likeness (QED) is 0.654. The lowest BCUT2D eigenvalue weighted by Crippen LogP contribution is -2.34. The van der Waals surface area contributed by atoms with Gasteiger partial charge in [-0.2, -0.15) is 0 Å². The maximum absolute atomic E-state index is 5.79. The molecule has 2 nitrogen and oxygen atoms in total. The monoisotopic (exact) mass is 173 g/mol. The normalized spacial score (nSPS) is 25.9. The molecule has 0 saturated carbocycles. The minimum atomic E-state index is -1.26. The van der Waals surface area contributed by atoms with Crippen LogP contribution in [0.2, 0.25) is 19.6 Å². The van der Waals surface area contributed by atoms with Gasteiger partial charge in [0.2, 0.25) is 0 Å². The van der Waals surface area contributed by atoms with Gasteiger partial charge in [-0.1, -0.05) is 0 Å². The molecular formula is C8H19NOSi. The van der Waals surface area contributed by atoms with Gasteiger partial charge in [-0.15, -0.1) is 0 Å². The number of rotatable bonds is 3. The van der Waals surface area contributed by atoms with Crippen LogP contribution in [-0.2, 0) is 4.43 Å². The van der Waals surface area contributed by atoms with E-state index in [0.717, 1.165) is 6.61 Å². The third-order valence-corrected chi connectivity index (χ3v) is 2.91. The fraction of sp³-hybridized carbons (Fsp3) is 1.00. The van der Waals surface area contributed by atoms with E-state index in [-0.39, 0.29) is 0 Å². The van der Waals surface area contributed by atoms with E-state index in [1.54, 1.807) is 0 Å². The van der Waals surface area contributed by atoms with Gasteiger partial charge in [0.25, 0.3) is 0 Å². The third-order valence-electron chi connectivity index (χ3n) is 1.88. The number of hydrogen-bond acceptors (Lipinski definition) is 2. The summed E-state index contributed by atoms with van der Waals surface area (Å²) in [4.78, 5) is 0. The van der Waals surface area contributed by atoms with Crippen molar-refractivity contribution in [3.63, 3.8) is 0 Å². The Kier molecular flexibility index (Phi) is 3.10. The van der Waals surface area contributed by atoms with E-state index >= 15 is 0 Å². The molecule has 1 heterocycles. The van der Waals surface area contributed by atoms with Crippen molar-refractivity contribution >= 4 is 8.32 Å². The van der Waals surface area contributed by atoms with Crippen molar-refractivity contribution in [2.24, 2.45) is 0 Å². The van der Waals surface area contributed by atoms with Crippen LogP contribution >= 0.6 is 0 Å². The van der Waals surface area contributed by atoms with E-state index in [1.807, 2.05) is 0 Å². The maximum atomic E-state index is 5.79. The zero-order valence-corrected chi connectivity index (χ0v) is 8.81. The lowest BCUT2D eigenvalue weighted by atomic mass is 10.2. The molecule has 1 aliphatic heterocycles. The Labute approximate surface area is 70.5 Å². The first kappa shape index (κ1) is 9.23. The summed E-state index contributed by atoms with van der Waals surface area (Å²) < 4.78 is 5.79. The molecule has 0 unspecified atom stereocenters. The van der Waals surface area contributed by atoms with Gasteiger partial charge in [0.1, 0.15) is 0 Å². The maximum Gasteiger partial charge on any atom is 0.183 e. The van der Waals surface area contributed by atoms with Gasteiger partial charge in [0, 0.05) is 12.6 Å². The minimum Gasteiger partial charge on any atom is -0.416 e. The highest BCUT2D eigenvalue weighted by Gasteiger charge is 2.19. The standard InChI is InChI=1S/C8H19NOSi/c1-11(2,3)10-7-8-5-4-6-9-8/h8-9H,4-7H2,1-3H3/t8-/m0/s1. The molecule has 0 bridgehead atoms. The number of hydrogen-bond donors (Lipinski definition) is 1. The summed E-state index contributed by atoms with van der Waals surface area (Å²) in [5.74, 6) is 0. The van der Waals surface area contributed by atoms with Gasteiger partial charge < -0.3 is 9.74 Å². The molecule has 3 heteroatoms. The zero-order chi connectivity index (χ0) is 8.32. The van der Waals surface area contributed by atoms with Crippen LogP contribution in [0.15, 0.2) is 0 Å². The fourth-order valence-electron chi connectivity index (χ4n) is 1.25. The Balaban J connectivity index is 2.11. The molecule has 1 rings (SSSR count). The molecule has 1 atom stereocenters. The molecule has 1 saturated heterocycles. The summed E-state index contributed by atoms with van der Waals surface area (Å²) in [6, 6.07) is 0.640. The van der Waals surface area contributed by atoms with Crippen molar-refractivity contribution in [3.8, 4) is 0 Å². The van der Waals surface area contributed by atoms with Crippen LogP contribution in [0.3, 0.4) is 0 Å². The Hall–Kier alpha value is 0.137. The van der Waals surface area contributed by atoms with Crippen molar-refractivity contribution in [2.45, 2.75) is 38.5 Å². The molecule has 0 spiro atoms. The summed E-state index contributed by atoms with van der Waals surface area (Å²) in [5, 5.41) is 3.43. The zero-order valence-electron chi connectivity index (χ0n) is 7.81. The first-order valence-corrected chi connectivity index (χ1v) is 7.86. The average molecular weight is 173 g/mol. The van der Waals surface area contributed by atoms with Crippen LogP contribution in [0.5, 0.6) is 0 Å². The molecule has 1 aliphatic rings. The highest BCUT2D eigenvalue weighted by atomic mass is 28.4. The van der Waals surface area contributed by atoms with Gasteiger partial charge in [-0.05, 0) is 39.0 Å². The predicted octanol–water partition coefficient (Wildman–Crippen LogP) is 1.59. The van der Waals surface area contributed by atoms with Gasteiger partial charge in [-0.25, -0.2) is 0 Å². The molecule has 66 valence electrons. The molecule has 0 aromatic heterocycles. The Morgan fingerprint density at radius 3 is 2.64 bits per heavy atom. The minimum absolute atomic E-state index is 0.640. The third kappa shape index (κ3) is 3.89. The fourth-order valence-corrected chi connectivity index (χ4v) is 1.95. The van der Waals surface area contributed by atoms with Gasteiger partial charge >= 0.3 is 0 Å². The summed E-state index contributed by atoms with van der Waals surface area (Å²) >= 11 is 0. The number of nitrogens with one attached hydrogen (secondary N) is 1. The highest BCUT2D eigenvalue weighted by molar-refractivity contribution is 6.69. The van der Waals surface area contributed by atoms with Crippen molar-refractivity contribution < 1.29 is 4.43 Å². The van der Waals surface area contributed by atoms with Gasteiger partial charge in [-0.3, -0.25) is 0 Å². The first-order valence-electron chi connectivity index (χ1n) is 4.45. The lowest BCUT2D eigenvalue weighted by Gasteiger charge is -2.20. The molecule has 0 aromatic carbocycles. The van der Waals surface area contributed by atoms with Crippen molar-refractivity contribution in [1.29, 1.82) is 0 Å². The van der Waals surface area contributed by atoms with Gasteiger partial charge in [0.15, 0.2) is 8.32 Å². The van der Waals surface area contributed by atoms with E-state index in [9.17, 15) is 0 Å². The first-order chi connectivity index (χ1) is 5.08. The van der Waals surface area contributed by atoms with E-state index in [2.05, 4.69) is 25.0 Å². The molecule has 11 heavy (non-hydrogen) atoms. The molecule has 0 amide bonds. The average Bonchev–Trinajstić information content (AvgIpc) is 2.32. The molecular weight excluding hydrogens is 154 g/mol. The van der Waals surface area contributed by atoms with E-state index in [1.165, 1.54) is 19.4 Å². The van der Waals surface area contributed by atoms with E-state index in [4.69, 9.17) is 4.43 Å². The van der Waals surface area contributed by atoms with Crippen molar-refractivity contribution in [3.05, 3.63) is 0 Å². The predicted molar refractivity (Wildman–Crippen MR) is 50.3 cm³/mol. The second-order valence-corrected chi connectivity index (χ2v) is 8.73. The highest BCUT2D eigenvalue weighted by Crippen LogP contribution is 2.09. The van der Waals surface area contributed by atoms with Crippen LogP contribution in [0.25, 0.3) is 0 Å². The van der Waals surface area contributed by atoms with Crippen molar-refractivity contribution in [2.75, 3.05) is 13.2 Å². The topological polar surface area (TPSA) is 21.3 Å². The summed E-state index contributed by atoms with van der Waals surface area (Å²) in [6.45, 7) is 8.82. The van der Waals surface area contributed by atoms with Crippen LogP contribution in [0.4, 0.5) is 0 Å². The summed E-state index contributed by atoms with van der Waals surface area (Å²) in [6.07, 6.45) is 2.62. The Bertz CT molecular complexity index is 116. The second kappa shape index (κ2) is 3.69. The summed E-state index contributed by atoms with van der Waals surface area (Å²) in [7, 11) is -1.26. The van der Waals surface area contributed by atoms with Crippen LogP contribution < -0.4 is 5.32 Å². The Morgan fingerprint density at radius 2 is 2.18 bits per heavy atom. The smallest absolute Gasteiger partial charge is 0.183 e.